The summed E-state index contributed by atoms with van der Waals surface area (Å²) in [7, 11) is 0. The highest BCUT2D eigenvalue weighted by molar-refractivity contribution is 6.11. The number of aliphatic imine (C=N–C) groups is 1. The molecular formula is C28H23F4N3. The molecule has 0 bridgehead atoms. The zero-order valence-corrected chi connectivity index (χ0v) is 19.0. The van der Waals surface area contributed by atoms with Gasteiger partial charge >= 0.3 is 6.18 Å². The van der Waals surface area contributed by atoms with E-state index in [0.29, 0.717) is 17.2 Å². The minimum absolute atomic E-state index is 0.00930. The van der Waals surface area contributed by atoms with Gasteiger partial charge in [0.25, 0.3) is 0 Å². The van der Waals surface area contributed by atoms with Crippen LogP contribution in [-0.2, 0) is 6.18 Å². The molecule has 2 heterocycles. The lowest BCUT2D eigenvalue weighted by Gasteiger charge is -2.17. The molecule has 3 aromatic rings. The second kappa shape index (κ2) is 9.13. The van der Waals surface area contributed by atoms with E-state index < -0.39 is 17.9 Å². The number of alkyl halides is 4. The Morgan fingerprint density at radius 1 is 0.971 bits per heavy atom. The standard InChI is InChI=1S/C28H23F4N3/c1-2-24-20-13-12-19(29)16-22(20)27(34-24)35-26-15-18(17-8-4-3-5-9-17)14-25(33-26)21-10-6-7-11-23(21)28(30,31)32/h3-15,19,24H,2,16H2,1H3,(H,33,34,35). The highest BCUT2D eigenvalue weighted by Crippen LogP contribution is 2.38. The van der Waals surface area contributed by atoms with E-state index in [1.165, 1.54) is 12.1 Å². The van der Waals surface area contributed by atoms with Gasteiger partial charge in [0.15, 0.2) is 0 Å². The van der Waals surface area contributed by atoms with Crippen molar-refractivity contribution in [3.63, 3.8) is 0 Å². The van der Waals surface area contributed by atoms with Crippen molar-refractivity contribution in [1.82, 2.24) is 4.98 Å². The number of nitrogens with one attached hydrogen (secondary N) is 1. The molecule has 2 aromatic carbocycles. The highest BCUT2D eigenvalue weighted by Gasteiger charge is 2.34. The molecule has 1 N–H and O–H groups in total. The maximum atomic E-state index is 14.2. The minimum Gasteiger partial charge on any atom is -0.325 e. The zero-order valence-electron chi connectivity index (χ0n) is 19.0. The molecule has 0 radical (unpaired) electrons. The summed E-state index contributed by atoms with van der Waals surface area (Å²) >= 11 is 0. The summed E-state index contributed by atoms with van der Waals surface area (Å²) in [6, 6.07) is 18.1. The van der Waals surface area contributed by atoms with Crippen LogP contribution in [0.15, 0.2) is 95.0 Å². The smallest absolute Gasteiger partial charge is 0.325 e. The quantitative estimate of drug-likeness (QED) is 0.392. The number of halogens is 4. The van der Waals surface area contributed by atoms with Crippen LogP contribution in [0.4, 0.5) is 23.4 Å². The van der Waals surface area contributed by atoms with E-state index in [4.69, 9.17) is 4.99 Å². The number of benzene rings is 2. The molecule has 0 amide bonds. The van der Waals surface area contributed by atoms with Crippen molar-refractivity contribution >= 4 is 11.7 Å². The Balaban J connectivity index is 1.62. The van der Waals surface area contributed by atoms with Crippen LogP contribution in [0, 0.1) is 0 Å². The predicted molar refractivity (Wildman–Crippen MR) is 131 cm³/mol. The molecule has 178 valence electrons. The van der Waals surface area contributed by atoms with E-state index in [-0.39, 0.29) is 23.7 Å². The molecule has 35 heavy (non-hydrogen) atoms. The molecule has 2 aliphatic rings. The molecule has 3 nitrogen and oxygen atoms in total. The topological polar surface area (TPSA) is 37.3 Å². The lowest BCUT2D eigenvalue weighted by molar-refractivity contribution is -0.137. The molecule has 2 atom stereocenters. The fourth-order valence-corrected chi connectivity index (χ4v) is 4.56. The second-order valence-corrected chi connectivity index (χ2v) is 8.58. The van der Waals surface area contributed by atoms with Crippen molar-refractivity contribution in [2.45, 2.75) is 38.2 Å². The number of aromatic nitrogens is 1. The Labute approximate surface area is 200 Å². The summed E-state index contributed by atoms with van der Waals surface area (Å²) in [5, 5.41) is 3.20. The first-order valence-corrected chi connectivity index (χ1v) is 11.5. The number of anilines is 1. The van der Waals surface area contributed by atoms with Crippen LogP contribution in [0.3, 0.4) is 0 Å². The second-order valence-electron chi connectivity index (χ2n) is 8.58. The first-order chi connectivity index (χ1) is 16.8. The summed E-state index contributed by atoms with van der Waals surface area (Å²) in [5.74, 6) is 0.872. The summed E-state index contributed by atoms with van der Waals surface area (Å²) in [6.45, 7) is 2.01. The average Bonchev–Trinajstić information content (AvgIpc) is 3.20. The number of allylic oxidation sites excluding steroid dienone is 1. The Hall–Kier alpha value is -3.74. The molecule has 0 saturated heterocycles. The van der Waals surface area contributed by atoms with Gasteiger partial charge in [0, 0.05) is 17.6 Å². The molecule has 7 heteroatoms. The van der Waals surface area contributed by atoms with Crippen molar-refractivity contribution in [2.24, 2.45) is 4.99 Å². The lowest BCUT2D eigenvalue weighted by atomic mass is 9.93. The van der Waals surface area contributed by atoms with Gasteiger partial charge in [-0.2, -0.15) is 13.2 Å². The minimum atomic E-state index is -4.53. The molecular weight excluding hydrogens is 454 g/mol. The molecule has 1 aliphatic heterocycles. The molecule has 5 rings (SSSR count). The average molecular weight is 478 g/mol. The molecule has 2 unspecified atom stereocenters. The van der Waals surface area contributed by atoms with Gasteiger partial charge < -0.3 is 5.32 Å². The number of hydrogen-bond donors (Lipinski definition) is 1. The van der Waals surface area contributed by atoms with Crippen molar-refractivity contribution in [2.75, 3.05) is 5.32 Å². The van der Waals surface area contributed by atoms with Gasteiger partial charge in [-0.05, 0) is 41.3 Å². The Kier molecular flexibility index (Phi) is 6.01. The zero-order chi connectivity index (χ0) is 24.6. The van der Waals surface area contributed by atoms with Crippen LogP contribution < -0.4 is 5.32 Å². The van der Waals surface area contributed by atoms with Gasteiger partial charge in [0.1, 0.15) is 17.8 Å². The van der Waals surface area contributed by atoms with Crippen LogP contribution in [0.1, 0.15) is 25.3 Å². The number of rotatable bonds is 4. The van der Waals surface area contributed by atoms with Crippen LogP contribution in [0.25, 0.3) is 22.4 Å². The Morgan fingerprint density at radius 2 is 1.71 bits per heavy atom. The van der Waals surface area contributed by atoms with Crippen molar-refractivity contribution in [3.05, 3.63) is 95.6 Å². The van der Waals surface area contributed by atoms with Gasteiger partial charge in [-0.3, -0.25) is 4.99 Å². The van der Waals surface area contributed by atoms with Crippen molar-refractivity contribution < 1.29 is 17.6 Å². The third-order valence-electron chi connectivity index (χ3n) is 6.24. The van der Waals surface area contributed by atoms with E-state index in [0.717, 1.165) is 29.2 Å². The monoisotopic (exact) mass is 477 g/mol. The summed E-state index contributed by atoms with van der Waals surface area (Å²) < 4.78 is 55.5. The van der Waals surface area contributed by atoms with Gasteiger partial charge in [-0.1, -0.05) is 67.6 Å². The Morgan fingerprint density at radius 3 is 2.46 bits per heavy atom. The van der Waals surface area contributed by atoms with Gasteiger partial charge in [0.05, 0.1) is 17.3 Å². The summed E-state index contributed by atoms with van der Waals surface area (Å²) in [4.78, 5) is 9.28. The molecule has 0 spiro atoms. The van der Waals surface area contributed by atoms with E-state index in [2.05, 4.69) is 10.3 Å². The third-order valence-corrected chi connectivity index (χ3v) is 6.24. The van der Waals surface area contributed by atoms with Crippen molar-refractivity contribution in [3.8, 4) is 22.4 Å². The number of pyridine rings is 1. The normalized spacial score (nSPS) is 19.5. The number of hydrogen-bond acceptors (Lipinski definition) is 3. The predicted octanol–water partition coefficient (Wildman–Crippen LogP) is 7.63. The molecule has 1 aliphatic carbocycles. The van der Waals surface area contributed by atoms with E-state index in [1.54, 1.807) is 30.4 Å². The van der Waals surface area contributed by atoms with Crippen LogP contribution in [-0.4, -0.2) is 23.0 Å². The molecule has 0 saturated carbocycles. The number of amidine groups is 1. The van der Waals surface area contributed by atoms with Gasteiger partial charge in [0.2, 0.25) is 0 Å². The highest BCUT2D eigenvalue weighted by atomic mass is 19.4. The summed E-state index contributed by atoms with van der Waals surface area (Å²) in [5.41, 5.74) is 2.74. The maximum absolute atomic E-state index is 14.2. The third kappa shape index (κ3) is 4.63. The largest absolute Gasteiger partial charge is 0.417 e. The first kappa shape index (κ1) is 23.0. The molecule has 0 fully saturated rings. The van der Waals surface area contributed by atoms with E-state index >= 15 is 0 Å². The first-order valence-electron chi connectivity index (χ1n) is 11.5. The Bertz CT molecular complexity index is 1340. The summed E-state index contributed by atoms with van der Waals surface area (Å²) in [6.07, 6.45) is -1.34. The van der Waals surface area contributed by atoms with Gasteiger partial charge in [-0.15, -0.1) is 0 Å². The molecule has 1 aromatic heterocycles. The number of nitrogens with zero attached hydrogens (tertiary/aromatic N) is 2. The lowest BCUT2D eigenvalue weighted by Crippen LogP contribution is -2.18. The maximum Gasteiger partial charge on any atom is 0.417 e. The fraction of sp³-hybridized carbons (Fsp3) is 0.214. The van der Waals surface area contributed by atoms with E-state index in [1.807, 2.05) is 37.3 Å². The van der Waals surface area contributed by atoms with Crippen molar-refractivity contribution in [1.29, 1.82) is 0 Å². The van der Waals surface area contributed by atoms with Crippen LogP contribution >= 0.6 is 0 Å². The van der Waals surface area contributed by atoms with E-state index in [9.17, 15) is 17.6 Å². The SMILES string of the molecule is CCC1N=C(Nc2cc(-c3ccccc3)cc(-c3ccccc3C(F)(F)F)n2)C2=C1C=CC(F)C2. The van der Waals surface area contributed by atoms with Gasteiger partial charge in [-0.25, -0.2) is 9.37 Å². The van der Waals surface area contributed by atoms with Crippen LogP contribution in [0.2, 0.25) is 0 Å². The van der Waals surface area contributed by atoms with Crippen LogP contribution in [0.5, 0.6) is 0 Å². The fourth-order valence-electron chi connectivity index (χ4n) is 4.56.